The molecule has 0 aromatic heterocycles. The van der Waals surface area contributed by atoms with Crippen LogP contribution >= 0.6 is 0 Å². The number of amides is 1. The summed E-state index contributed by atoms with van der Waals surface area (Å²) in [6, 6.07) is -0.557. The fourth-order valence-electron chi connectivity index (χ4n) is 11.2. The standard InChI is InChI=1S/C39H71N5O3/c1-26(2)11-9-12-27(3)31-17-18-32-30-16-15-28-25-29(19-21-38(28,4)33(30)20-22-39(31,32)5)47-35(45)14-7-6-8-23-43-36(46)34(40)13-10-24-44-37(41)42/h26-34H,6-25,40H2,1-5H3,(H,43,46)(H4,41,42,44)/t27-,28+,29+,30+,31-,32+,33+,34-,38+,39-/m1/s1. The maximum Gasteiger partial charge on any atom is 0.306 e. The number of nitrogens with zero attached hydrogens (tertiary/aromatic N) is 1. The largest absolute Gasteiger partial charge is 0.462 e. The van der Waals surface area contributed by atoms with E-state index in [1.54, 1.807) is 0 Å². The fraction of sp³-hybridized carbons (Fsp3) is 0.923. The van der Waals surface area contributed by atoms with Crippen LogP contribution in [-0.2, 0) is 14.3 Å². The molecule has 0 saturated heterocycles. The van der Waals surface area contributed by atoms with Crippen molar-refractivity contribution in [3.05, 3.63) is 0 Å². The Morgan fingerprint density at radius 1 is 0.851 bits per heavy atom. The molecule has 0 aromatic rings. The molecular formula is C39H71N5O3. The van der Waals surface area contributed by atoms with Gasteiger partial charge in [-0.3, -0.25) is 14.6 Å². The first-order chi connectivity index (χ1) is 22.3. The molecule has 47 heavy (non-hydrogen) atoms. The number of nitrogens with one attached hydrogen (secondary N) is 1. The van der Waals surface area contributed by atoms with Gasteiger partial charge in [0, 0.05) is 19.5 Å². The Balaban J connectivity index is 1.14. The minimum absolute atomic E-state index is 0.0490. The van der Waals surface area contributed by atoms with Crippen molar-refractivity contribution >= 4 is 17.8 Å². The van der Waals surface area contributed by atoms with Crippen molar-refractivity contribution in [3.63, 3.8) is 0 Å². The van der Waals surface area contributed by atoms with Gasteiger partial charge in [0.1, 0.15) is 6.10 Å². The highest BCUT2D eigenvalue weighted by molar-refractivity contribution is 5.81. The van der Waals surface area contributed by atoms with Crippen molar-refractivity contribution in [2.45, 2.75) is 162 Å². The van der Waals surface area contributed by atoms with E-state index in [4.69, 9.17) is 21.9 Å². The lowest BCUT2D eigenvalue weighted by molar-refractivity contribution is -0.162. The normalized spacial score (nSPS) is 34.4. The van der Waals surface area contributed by atoms with Crippen LogP contribution in [0.5, 0.6) is 0 Å². The summed E-state index contributed by atoms with van der Waals surface area (Å²) >= 11 is 0. The number of guanidine groups is 1. The molecule has 270 valence electrons. The zero-order chi connectivity index (χ0) is 34.2. The number of rotatable bonds is 17. The molecule has 4 rings (SSSR count). The van der Waals surface area contributed by atoms with Crippen molar-refractivity contribution in [2.24, 2.45) is 74.4 Å². The summed E-state index contributed by atoms with van der Waals surface area (Å²) in [5, 5.41) is 2.90. The first kappa shape index (κ1) is 38.0. The third-order valence-corrected chi connectivity index (χ3v) is 13.8. The number of hydrogen-bond acceptors (Lipinski definition) is 5. The molecule has 0 bridgehead atoms. The van der Waals surface area contributed by atoms with Crippen molar-refractivity contribution < 1.29 is 14.3 Å². The highest BCUT2D eigenvalue weighted by Gasteiger charge is 2.60. The van der Waals surface area contributed by atoms with Gasteiger partial charge in [-0.05, 0) is 136 Å². The number of fused-ring (bicyclic) bond motifs is 5. The molecule has 0 aromatic carbocycles. The van der Waals surface area contributed by atoms with Crippen molar-refractivity contribution in [1.82, 2.24) is 5.32 Å². The summed E-state index contributed by atoms with van der Waals surface area (Å²) in [6.07, 6.45) is 20.2. The Bertz CT molecular complexity index is 1050. The van der Waals surface area contributed by atoms with Gasteiger partial charge in [0.2, 0.25) is 5.91 Å². The molecule has 0 radical (unpaired) electrons. The molecule has 7 N–H and O–H groups in total. The Morgan fingerprint density at radius 2 is 1.60 bits per heavy atom. The Hall–Kier alpha value is -1.83. The molecule has 8 heteroatoms. The summed E-state index contributed by atoms with van der Waals surface area (Å²) in [4.78, 5) is 28.9. The summed E-state index contributed by atoms with van der Waals surface area (Å²) in [5.41, 5.74) is 17.5. The molecule has 10 atom stereocenters. The average Bonchev–Trinajstić information content (AvgIpc) is 3.38. The molecular weight excluding hydrogens is 586 g/mol. The van der Waals surface area contributed by atoms with E-state index >= 15 is 0 Å². The molecule has 4 saturated carbocycles. The maximum atomic E-state index is 12.8. The van der Waals surface area contributed by atoms with Crippen molar-refractivity contribution in [3.8, 4) is 0 Å². The van der Waals surface area contributed by atoms with E-state index in [1.807, 2.05) is 0 Å². The second kappa shape index (κ2) is 17.2. The van der Waals surface area contributed by atoms with Crippen LogP contribution in [0.2, 0.25) is 0 Å². The number of unbranched alkanes of at least 4 members (excludes halogenated alkanes) is 2. The minimum atomic E-state index is -0.557. The fourth-order valence-corrected chi connectivity index (χ4v) is 11.2. The topological polar surface area (TPSA) is 146 Å². The van der Waals surface area contributed by atoms with Gasteiger partial charge in [-0.1, -0.05) is 60.3 Å². The zero-order valence-corrected chi connectivity index (χ0v) is 30.7. The van der Waals surface area contributed by atoms with Gasteiger partial charge in [-0.15, -0.1) is 0 Å². The monoisotopic (exact) mass is 658 g/mol. The van der Waals surface area contributed by atoms with Gasteiger partial charge in [0.05, 0.1) is 6.04 Å². The van der Waals surface area contributed by atoms with Crippen LogP contribution < -0.4 is 22.5 Å². The van der Waals surface area contributed by atoms with Crippen LogP contribution in [-0.4, -0.2) is 43.1 Å². The molecule has 0 heterocycles. The lowest BCUT2D eigenvalue weighted by Crippen LogP contribution is -2.54. The zero-order valence-electron chi connectivity index (χ0n) is 30.7. The van der Waals surface area contributed by atoms with E-state index in [2.05, 4.69) is 44.9 Å². The van der Waals surface area contributed by atoms with Gasteiger partial charge < -0.3 is 27.3 Å². The van der Waals surface area contributed by atoms with Crippen LogP contribution in [0.15, 0.2) is 4.99 Å². The van der Waals surface area contributed by atoms with E-state index in [0.717, 1.165) is 67.6 Å². The van der Waals surface area contributed by atoms with Crippen LogP contribution in [0, 0.1) is 52.3 Å². The molecule has 0 aliphatic heterocycles. The second-order valence-electron chi connectivity index (χ2n) is 17.2. The Labute approximate surface area is 286 Å². The summed E-state index contributed by atoms with van der Waals surface area (Å²) < 4.78 is 6.08. The average molecular weight is 658 g/mol. The lowest BCUT2D eigenvalue weighted by Gasteiger charge is -2.61. The summed E-state index contributed by atoms with van der Waals surface area (Å²) in [6.45, 7) is 13.7. The van der Waals surface area contributed by atoms with Crippen LogP contribution in [0.4, 0.5) is 0 Å². The quantitative estimate of drug-likeness (QED) is 0.0569. The van der Waals surface area contributed by atoms with Gasteiger partial charge in [0.15, 0.2) is 5.96 Å². The molecule has 4 aliphatic carbocycles. The minimum Gasteiger partial charge on any atom is -0.462 e. The third-order valence-electron chi connectivity index (χ3n) is 13.8. The molecule has 4 aliphatic rings. The molecule has 4 fully saturated rings. The van der Waals surface area contributed by atoms with Crippen molar-refractivity contribution in [2.75, 3.05) is 13.1 Å². The predicted octanol–water partition coefficient (Wildman–Crippen LogP) is 7.08. The van der Waals surface area contributed by atoms with Crippen LogP contribution in [0.1, 0.15) is 150 Å². The summed E-state index contributed by atoms with van der Waals surface area (Å²) in [7, 11) is 0. The number of carbonyl (C=O) groups excluding carboxylic acids is 2. The predicted molar refractivity (Wildman–Crippen MR) is 192 cm³/mol. The first-order valence-electron chi connectivity index (χ1n) is 19.6. The number of aliphatic imine (C=N–C) groups is 1. The smallest absolute Gasteiger partial charge is 0.306 e. The number of hydrogen-bond donors (Lipinski definition) is 4. The van der Waals surface area contributed by atoms with E-state index in [9.17, 15) is 9.59 Å². The lowest BCUT2D eigenvalue weighted by atomic mass is 9.44. The maximum absolute atomic E-state index is 12.8. The summed E-state index contributed by atoms with van der Waals surface area (Å²) in [5.74, 6) is 5.81. The highest BCUT2D eigenvalue weighted by Crippen LogP contribution is 2.68. The highest BCUT2D eigenvalue weighted by atomic mass is 16.5. The molecule has 0 unspecified atom stereocenters. The van der Waals surface area contributed by atoms with Gasteiger partial charge in [0.25, 0.3) is 0 Å². The number of nitrogens with two attached hydrogens (primary N) is 3. The van der Waals surface area contributed by atoms with Gasteiger partial charge in [-0.25, -0.2) is 0 Å². The molecule has 0 spiro atoms. The SMILES string of the molecule is CC(C)CCC[C@@H](C)[C@H]1CC[C@H]2[C@@H]3CC[C@H]4C[C@@H](OC(=O)CCCCCNC(=O)[C@H](N)CCCN=C(N)N)CC[C@]4(C)[C@H]3CC[C@]12C. The van der Waals surface area contributed by atoms with E-state index in [0.29, 0.717) is 49.1 Å². The van der Waals surface area contributed by atoms with Crippen LogP contribution in [0.25, 0.3) is 0 Å². The van der Waals surface area contributed by atoms with Crippen LogP contribution in [0.3, 0.4) is 0 Å². The molecule has 1 amide bonds. The van der Waals surface area contributed by atoms with Crippen molar-refractivity contribution in [1.29, 1.82) is 0 Å². The van der Waals surface area contributed by atoms with Gasteiger partial charge in [-0.2, -0.15) is 0 Å². The number of ether oxygens (including phenoxy) is 1. The van der Waals surface area contributed by atoms with E-state index < -0.39 is 6.04 Å². The Kier molecular flexibility index (Phi) is 13.9. The van der Waals surface area contributed by atoms with Gasteiger partial charge >= 0.3 is 5.97 Å². The molecule has 8 nitrogen and oxygen atoms in total. The Morgan fingerprint density at radius 3 is 2.34 bits per heavy atom. The number of carbonyl (C=O) groups is 2. The second-order valence-corrected chi connectivity index (χ2v) is 17.2. The van der Waals surface area contributed by atoms with E-state index in [1.165, 1.54) is 64.2 Å². The first-order valence-corrected chi connectivity index (χ1v) is 19.6. The van der Waals surface area contributed by atoms with E-state index in [-0.39, 0.29) is 23.9 Å². The third kappa shape index (κ3) is 9.66. The number of esters is 1.